The molecule has 1 amide bonds. The van der Waals surface area contributed by atoms with Crippen molar-refractivity contribution < 1.29 is 17.9 Å². The van der Waals surface area contributed by atoms with Crippen LogP contribution in [0.5, 0.6) is 5.75 Å². The summed E-state index contributed by atoms with van der Waals surface area (Å²) in [7, 11) is -3.69. The zero-order valence-corrected chi connectivity index (χ0v) is 18.4. The summed E-state index contributed by atoms with van der Waals surface area (Å²) in [5, 5.41) is 3.50. The molecule has 4 rings (SSSR count). The van der Waals surface area contributed by atoms with Gasteiger partial charge in [-0.3, -0.25) is 4.79 Å². The van der Waals surface area contributed by atoms with E-state index in [0.717, 1.165) is 31.2 Å². The quantitative estimate of drug-likeness (QED) is 0.688. The number of nitrogens with one attached hydrogen (secondary N) is 1. The molecule has 1 aliphatic carbocycles. The lowest BCUT2D eigenvalue weighted by Gasteiger charge is -2.20. The van der Waals surface area contributed by atoms with E-state index in [1.807, 2.05) is 25.1 Å². The van der Waals surface area contributed by atoms with E-state index in [0.29, 0.717) is 36.2 Å². The molecule has 1 heterocycles. The standard InChI is InChI=1S/C22H25ClN2O4S/c1-2-29-19-9-8-18(15-20(19)30(27,28)25-12-3-4-13-25)24-21(26)22(10-11-22)16-6-5-7-17(23)14-16/h5-9,14-15H,2-4,10-13H2,1H3,(H,24,26). The van der Waals surface area contributed by atoms with Crippen LogP contribution in [0, 0.1) is 0 Å². The molecule has 1 saturated heterocycles. The number of ether oxygens (including phenoxy) is 1. The van der Waals surface area contributed by atoms with Crippen LogP contribution in [0.15, 0.2) is 47.4 Å². The van der Waals surface area contributed by atoms with Crippen LogP contribution < -0.4 is 10.1 Å². The van der Waals surface area contributed by atoms with Gasteiger partial charge in [0.25, 0.3) is 0 Å². The van der Waals surface area contributed by atoms with Gasteiger partial charge in [-0.05, 0) is 68.5 Å². The average molecular weight is 449 g/mol. The van der Waals surface area contributed by atoms with E-state index in [2.05, 4.69) is 5.32 Å². The van der Waals surface area contributed by atoms with Gasteiger partial charge in [0.1, 0.15) is 10.6 Å². The zero-order valence-electron chi connectivity index (χ0n) is 16.9. The molecule has 1 N–H and O–H groups in total. The number of benzene rings is 2. The van der Waals surface area contributed by atoms with Crippen molar-refractivity contribution in [3.8, 4) is 5.75 Å². The maximum atomic E-state index is 13.2. The molecule has 0 bridgehead atoms. The summed E-state index contributed by atoms with van der Waals surface area (Å²) in [5.74, 6) is 0.150. The molecule has 2 aliphatic rings. The number of nitrogens with zero attached hydrogens (tertiary/aromatic N) is 1. The van der Waals surface area contributed by atoms with Crippen LogP contribution in [0.4, 0.5) is 5.69 Å². The number of amides is 1. The van der Waals surface area contributed by atoms with Crippen molar-refractivity contribution >= 4 is 33.2 Å². The molecule has 1 aliphatic heterocycles. The predicted octanol–water partition coefficient (Wildman–Crippen LogP) is 4.19. The third kappa shape index (κ3) is 3.94. The molecule has 160 valence electrons. The highest BCUT2D eigenvalue weighted by Crippen LogP contribution is 2.49. The number of halogens is 1. The minimum absolute atomic E-state index is 0.0941. The van der Waals surface area contributed by atoms with Crippen LogP contribution in [0.2, 0.25) is 5.02 Å². The van der Waals surface area contributed by atoms with E-state index < -0.39 is 15.4 Å². The van der Waals surface area contributed by atoms with E-state index in [-0.39, 0.29) is 10.8 Å². The summed E-state index contributed by atoms with van der Waals surface area (Å²) < 4.78 is 33.4. The van der Waals surface area contributed by atoms with Gasteiger partial charge in [0, 0.05) is 23.8 Å². The molecule has 2 fully saturated rings. The van der Waals surface area contributed by atoms with Crippen molar-refractivity contribution in [3.63, 3.8) is 0 Å². The summed E-state index contributed by atoms with van der Waals surface area (Å²) in [5.41, 5.74) is 0.704. The first kappa shape index (κ1) is 21.2. The van der Waals surface area contributed by atoms with Crippen molar-refractivity contribution in [2.24, 2.45) is 0 Å². The fourth-order valence-corrected chi connectivity index (χ4v) is 5.80. The lowest BCUT2D eigenvalue weighted by atomic mass is 9.95. The van der Waals surface area contributed by atoms with Crippen molar-refractivity contribution in [1.82, 2.24) is 4.31 Å². The Morgan fingerprint density at radius 1 is 1.17 bits per heavy atom. The normalized spacial score (nSPS) is 18.2. The summed E-state index contributed by atoms with van der Waals surface area (Å²) in [6.45, 7) is 3.17. The fraction of sp³-hybridized carbons (Fsp3) is 0.409. The first-order valence-electron chi connectivity index (χ1n) is 10.2. The third-order valence-corrected chi connectivity index (χ3v) is 7.90. The second-order valence-corrected chi connectivity index (χ2v) is 10.1. The topological polar surface area (TPSA) is 75.7 Å². The number of carbonyl (C=O) groups is 1. The highest BCUT2D eigenvalue weighted by atomic mass is 35.5. The average Bonchev–Trinajstić information content (AvgIpc) is 3.35. The van der Waals surface area contributed by atoms with Gasteiger partial charge in [-0.25, -0.2) is 8.42 Å². The highest BCUT2D eigenvalue weighted by Gasteiger charge is 2.51. The molecule has 0 aromatic heterocycles. The second-order valence-electron chi connectivity index (χ2n) is 7.75. The van der Waals surface area contributed by atoms with Gasteiger partial charge in [0.2, 0.25) is 15.9 Å². The van der Waals surface area contributed by atoms with Crippen molar-refractivity contribution in [1.29, 1.82) is 0 Å². The van der Waals surface area contributed by atoms with Gasteiger partial charge >= 0.3 is 0 Å². The van der Waals surface area contributed by atoms with Gasteiger partial charge in [-0.1, -0.05) is 23.7 Å². The monoisotopic (exact) mass is 448 g/mol. The fourth-order valence-electron chi connectivity index (χ4n) is 3.94. The molecule has 0 spiro atoms. The van der Waals surface area contributed by atoms with Crippen molar-refractivity contribution in [2.75, 3.05) is 25.0 Å². The van der Waals surface area contributed by atoms with Crippen LogP contribution in [0.3, 0.4) is 0 Å². The highest BCUT2D eigenvalue weighted by molar-refractivity contribution is 7.89. The van der Waals surface area contributed by atoms with Gasteiger partial charge in [-0.15, -0.1) is 0 Å². The molecule has 8 heteroatoms. The SMILES string of the molecule is CCOc1ccc(NC(=O)C2(c3cccc(Cl)c3)CC2)cc1S(=O)(=O)N1CCCC1. The Morgan fingerprint density at radius 3 is 2.53 bits per heavy atom. The van der Waals surface area contributed by atoms with Crippen molar-refractivity contribution in [2.45, 2.75) is 42.9 Å². The Labute approximate surface area is 182 Å². The number of anilines is 1. The Hall–Kier alpha value is -2.09. The van der Waals surface area contributed by atoms with Gasteiger partial charge < -0.3 is 10.1 Å². The largest absolute Gasteiger partial charge is 0.492 e. The minimum Gasteiger partial charge on any atom is -0.492 e. The number of hydrogen-bond donors (Lipinski definition) is 1. The number of hydrogen-bond acceptors (Lipinski definition) is 4. The number of rotatable bonds is 7. The molecule has 2 aromatic carbocycles. The van der Waals surface area contributed by atoms with Crippen LogP contribution in [-0.4, -0.2) is 38.3 Å². The minimum atomic E-state index is -3.69. The molecule has 30 heavy (non-hydrogen) atoms. The lowest BCUT2D eigenvalue weighted by molar-refractivity contribution is -0.118. The van der Waals surface area contributed by atoms with Crippen LogP contribution in [0.25, 0.3) is 0 Å². The Morgan fingerprint density at radius 2 is 1.90 bits per heavy atom. The summed E-state index contributed by atoms with van der Waals surface area (Å²) in [4.78, 5) is 13.2. The summed E-state index contributed by atoms with van der Waals surface area (Å²) in [6.07, 6.45) is 3.16. The predicted molar refractivity (Wildman–Crippen MR) is 117 cm³/mol. The summed E-state index contributed by atoms with van der Waals surface area (Å²) in [6, 6.07) is 12.1. The van der Waals surface area contributed by atoms with Gasteiger partial charge in [0.05, 0.1) is 12.0 Å². The van der Waals surface area contributed by atoms with Gasteiger partial charge in [-0.2, -0.15) is 4.31 Å². The smallest absolute Gasteiger partial charge is 0.246 e. The Balaban J connectivity index is 1.63. The molecule has 0 atom stereocenters. The van der Waals surface area contributed by atoms with Crippen molar-refractivity contribution in [3.05, 3.63) is 53.1 Å². The maximum Gasteiger partial charge on any atom is 0.246 e. The molecule has 2 aromatic rings. The van der Waals surface area contributed by atoms with E-state index in [9.17, 15) is 13.2 Å². The zero-order chi connectivity index (χ0) is 21.4. The van der Waals surface area contributed by atoms with E-state index >= 15 is 0 Å². The van der Waals surface area contributed by atoms with Crippen LogP contribution in [-0.2, 0) is 20.2 Å². The maximum absolute atomic E-state index is 13.2. The van der Waals surface area contributed by atoms with E-state index in [4.69, 9.17) is 16.3 Å². The first-order valence-corrected chi connectivity index (χ1v) is 12.0. The molecular weight excluding hydrogens is 424 g/mol. The van der Waals surface area contributed by atoms with E-state index in [1.54, 1.807) is 18.2 Å². The Kier molecular flexibility index (Phi) is 5.79. The van der Waals surface area contributed by atoms with E-state index in [1.165, 1.54) is 10.4 Å². The lowest BCUT2D eigenvalue weighted by Crippen LogP contribution is -2.29. The molecular formula is C22H25ClN2O4S. The Bertz CT molecular complexity index is 1060. The number of sulfonamides is 1. The number of carbonyl (C=O) groups excluding carboxylic acids is 1. The molecule has 0 radical (unpaired) electrons. The molecule has 6 nitrogen and oxygen atoms in total. The van der Waals surface area contributed by atoms with Gasteiger partial charge in [0.15, 0.2) is 0 Å². The third-order valence-electron chi connectivity index (χ3n) is 5.75. The summed E-state index contributed by atoms with van der Waals surface area (Å²) >= 11 is 6.11. The second kappa shape index (κ2) is 8.21. The van der Waals surface area contributed by atoms with Crippen LogP contribution in [0.1, 0.15) is 38.2 Å². The van der Waals surface area contributed by atoms with Crippen LogP contribution >= 0.6 is 11.6 Å². The first-order chi connectivity index (χ1) is 14.4. The molecule has 0 unspecified atom stereocenters. The molecule has 1 saturated carbocycles.